The zero-order valence-corrected chi connectivity index (χ0v) is 19.6. The quantitative estimate of drug-likeness (QED) is 0.175. The zero-order valence-electron chi connectivity index (χ0n) is 19.6. The first-order chi connectivity index (χ1) is 14.2. The fourth-order valence-corrected chi connectivity index (χ4v) is 3.69. The van der Waals surface area contributed by atoms with Gasteiger partial charge in [-0.05, 0) is 37.7 Å². The molecule has 3 heteroatoms. The van der Waals surface area contributed by atoms with Crippen LogP contribution in [0.4, 0.5) is 0 Å². The Morgan fingerprint density at radius 3 is 1.69 bits per heavy atom. The van der Waals surface area contributed by atoms with Crippen LogP contribution in [0.15, 0.2) is 30.3 Å². The Kier molecular flexibility index (Phi) is 15.2. The molecule has 29 heavy (non-hydrogen) atoms. The smallest absolute Gasteiger partial charge is 0.286 e. The van der Waals surface area contributed by atoms with Crippen molar-refractivity contribution in [3.8, 4) is 0 Å². The molecule has 0 bridgehead atoms. The highest BCUT2D eigenvalue weighted by molar-refractivity contribution is 5.15. The van der Waals surface area contributed by atoms with Crippen LogP contribution in [0.3, 0.4) is 0 Å². The highest BCUT2D eigenvalue weighted by Gasteiger charge is 2.42. The molecule has 0 aliphatic carbocycles. The van der Waals surface area contributed by atoms with Crippen molar-refractivity contribution in [1.29, 1.82) is 0 Å². The molecule has 0 saturated carbocycles. The Bertz CT molecular complexity index is 452. The standard InChI is InChI=1S/C26H46O3/c1-5-9-10-11-12-16-19-25(23-24-17-14-13-15-18-24)26(27-20-6-2,28-21-7-3)29-22-8-4/h13-15,17-18,25H,5-12,16,19-23H2,1-4H3. The highest BCUT2D eigenvalue weighted by Crippen LogP contribution is 2.34. The monoisotopic (exact) mass is 406 g/mol. The molecule has 0 aliphatic heterocycles. The summed E-state index contributed by atoms with van der Waals surface area (Å²) in [6.45, 7) is 10.7. The molecule has 3 nitrogen and oxygen atoms in total. The van der Waals surface area contributed by atoms with E-state index in [2.05, 4.69) is 58.0 Å². The lowest BCUT2D eigenvalue weighted by Crippen LogP contribution is -2.48. The zero-order chi connectivity index (χ0) is 21.2. The predicted molar refractivity (Wildman–Crippen MR) is 123 cm³/mol. The van der Waals surface area contributed by atoms with Gasteiger partial charge in [-0.3, -0.25) is 0 Å². The van der Waals surface area contributed by atoms with E-state index < -0.39 is 5.97 Å². The van der Waals surface area contributed by atoms with Crippen molar-refractivity contribution in [1.82, 2.24) is 0 Å². The van der Waals surface area contributed by atoms with Gasteiger partial charge in [-0.25, -0.2) is 0 Å². The Balaban J connectivity index is 2.96. The number of unbranched alkanes of at least 4 members (excludes halogenated alkanes) is 5. The van der Waals surface area contributed by atoms with Crippen molar-refractivity contribution in [2.45, 2.75) is 104 Å². The molecule has 1 unspecified atom stereocenters. The number of hydrogen-bond donors (Lipinski definition) is 0. The van der Waals surface area contributed by atoms with Crippen LogP contribution in [0, 0.1) is 5.92 Å². The number of ether oxygens (including phenoxy) is 3. The molecule has 0 spiro atoms. The molecule has 168 valence electrons. The molecule has 0 radical (unpaired) electrons. The van der Waals surface area contributed by atoms with E-state index in [9.17, 15) is 0 Å². The average molecular weight is 407 g/mol. The predicted octanol–water partition coefficient (Wildman–Crippen LogP) is 7.53. The minimum atomic E-state index is -0.929. The summed E-state index contributed by atoms with van der Waals surface area (Å²) in [6, 6.07) is 10.7. The van der Waals surface area contributed by atoms with Crippen LogP contribution in [0.2, 0.25) is 0 Å². The normalized spacial score (nSPS) is 13.0. The molecule has 1 aromatic carbocycles. The van der Waals surface area contributed by atoms with Crippen molar-refractivity contribution in [3.05, 3.63) is 35.9 Å². The van der Waals surface area contributed by atoms with Gasteiger partial charge in [0.25, 0.3) is 5.97 Å². The third-order valence-corrected chi connectivity index (χ3v) is 5.25. The van der Waals surface area contributed by atoms with Crippen LogP contribution in [0.1, 0.15) is 97.5 Å². The molecule has 0 aromatic heterocycles. The van der Waals surface area contributed by atoms with Gasteiger partial charge in [-0.15, -0.1) is 0 Å². The van der Waals surface area contributed by atoms with Crippen LogP contribution < -0.4 is 0 Å². The van der Waals surface area contributed by atoms with Gasteiger partial charge in [0.15, 0.2) is 0 Å². The number of rotatable bonds is 19. The molecule has 1 rings (SSSR count). The van der Waals surface area contributed by atoms with Crippen LogP contribution in [0.5, 0.6) is 0 Å². The number of benzene rings is 1. The average Bonchev–Trinajstić information content (AvgIpc) is 2.76. The maximum Gasteiger partial charge on any atom is 0.286 e. The first-order valence-corrected chi connectivity index (χ1v) is 12.2. The maximum absolute atomic E-state index is 6.37. The SMILES string of the molecule is CCCCCCCCC(Cc1ccccc1)C(OCCC)(OCCC)OCCC. The van der Waals surface area contributed by atoms with E-state index in [-0.39, 0.29) is 5.92 Å². The molecule has 0 aliphatic rings. The summed E-state index contributed by atoms with van der Waals surface area (Å²) in [4.78, 5) is 0. The van der Waals surface area contributed by atoms with Crippen LogP contribution >= 0.6 is 0 Å². The summed E-state index contributed by atoms with van der Waals surface area (Å²) in [5.74, 6) is -0.734. The second kappa shape index (κ2) is 16.8. The summed E-state index contributed by atoms with van der Waals surface area (Å²) >= 11 is 0. The van der Waals surface area contributed by atoms with Gasteiger partial charge in [-0.1, -0.05) is 96.6 Å². The lowest BCUT2D eigenvalue weighted by Gasteiger charge is -2.40. The fourth-order valence-electron chi connectivity index (χ4n) is 3.69. The summed E-state index contributed by atoms with van der Waals surface area (Å²) in [7, 11) is 0. The number of hydrogen-bond acceptors (Lipinski definition) is 3. The van der Waals surface area contributed by atoms with E-state index in [0.717, 1.165) is 32.1 Å². The van der Waals surface area contributed by atoms with E-state index in [1.54, 1.807) is 0 Å². The molecule has 0 amide bonds. The van der Waals surface area contributed by atoms with E-state index in [0.29, 0.717) is 19.8 Å². The van der Waals surface area contributed by atoms with Crippen LogP contribution in [0.25, 0.3) is 0 Å². The van der Waals surface area contributed by atoms with E-state index in [4.69, 9.17) is 14.2 Å². The molecule has 0 N–H and O–H groups in total. The van der Waals surface area contributed by atoms with Crippen molar-refractivity contribution < 1.29 is 14.2 Å². The molecular formula is C26H46O3. The van der Waals surface area contributed by atoms with Crippen molar-refractivity contribution in [2.75, 3.05) is 19.8 Å². The van der Waals surface area contributed by atoms with Gasteiger partial charge >= 0.3 is 0 Å². The van der Waals surface area contributed by atoms with Gasteiger partial charge in [0.2, 0.25) is 0 Å². The van der Waals surface area contributed by atoms with E-state index in [1.165, 1.54) is 44.1 Å². The Morgan fingerprint density at radius 2 is 1.17 bits per heavy atom. The molecule has 1 aromatic rings. The first kappa shape index (κ1) is 26.1. The van der Waals surface area contributed by atoms with E-state index in [1.807, 2.05) is 0 Å². The molecular weight excluding hydrogens is 360 g/mol. The van der Waals surface area contributed by atoms with Crippen LogP contribution in [-0.2, 0) is 20.6 Å². The van der Waals surface area contributed by atoms with Crippen LogP contribution in [-0.4, -0.2) is 25.8 Å². The third kappa shape index (κ3) is 10.6. The summed E-state index contributed by atoms with van der Waals surface area (Å²) in [5, 5.41) is 0. The lowest BCUT2D eigenvalue weighted by atomic mass is 9.90. The highest BCUT2D eigenvalue weighted by atomic mass is 16.9. The maximum atomic E-state index is 6.37. The minimum Gasteiger partial charge on any atom is -0.327 e. The third-order valence-electron chi connectivity index (χ3n) is 5.25. The summed E-state index contributed by atoms with van der Waals surface area (Å²) < 4.78 is 19.1. The molecule has 0 fully saturated rings. The second-order valence-corrected chi connectivity index (χ2v) is 8.09. The molecule has 0 saturated heterocycles. The molecule has 1 atom stereocenters. The van der Waals surface area contributed by atoms with Gasteiger partial charge in [0.05, 0.1) is 19.8 Å². The van der Waals surface area contributed by atoms with Gasteiger partial charge in [0, 0.05) is 5.92 Å². The summed E-state index contributed by atoms with van der Waals surface area (Å²) in [6.07, 6.45) is 12.6. The van der Waals surface area contributed by atoms with Gasteiger partial charge in [0.1, 0.15) is 0 Å². The first-order valence-electron chi connectivity index (χ1n) is 12.2. The lowest BCUT2D eigenvalue weighted by molar-refractivity contribution is -0.406. The van der Waals surface area contributed by atoms with Gasteiger partial charge in [-0.2, -0.15) is 0 Å². The van der Waals surface area contributed by atoms with Crippen molar-refractivity contribution >= 4 is 0 Å². The minimum absolute atomic E-state index is 0.195. The Morgan fingerprint density at radius 1 is 0.655 bits per heavy atom. The van der Waals surface area contributed by atoms with Crippen molar-refractivity contribution in [2.24, 2.45) is 5.92 Å². The largest absolute Gasteiger partial charge is 0.327 e. The molecule has 0 heterocycles. The summed E-state index contributed by atoms with van der Waals surface area (Å²) in [5.41, 5.74) is 1.33. The fraction of sp³-hybridized carbons (Fsp3) is 0.769. The van der Waals surface area contributed by atoms with Crippen molar-refractivity contribution in [3.63, 3.8) is 0 Å². The van der Waals surface area contributed by atoms with E-state index >= 15 is 0 Å². The Hall–Kier alpha value is -0.900. The van der Waals surface area contributed by atoms with Gasteiger partial charge < -0.3 is 14.2 Å². The Labute approximate surface area is 180 Å². The second-order valence-electron chi connectivity index (χ2n) is 8.09. The topological polar surface area (TPSA) is 27.7 Å².